The van der Waals surface area contributed by atoms with E-state index in [1.54, 1.807) is 0 Å². The van der Waals surface area contributed by atoms with E-state index in [4.69, 9.17) is 10.8 Å². The molecule has 1 fully saturated rings. The lowest BCUT2D eigenvalue weighted by atomic mass is 10.2. The third-order valence-corrected chi connectivity index (χ3v) is 9.54. The van der Waals surface area contributed by atoms with Crippen LogP contribution in [0.15, 0.2) is 55.5 Å². The maximum absolute atomic E-state index is 13.0. The zero-order valence-corrected chi connectivity index (χ0v) is 16.9. The second-order valence-electron chi connectivity index (χ2n) is 6.03. The summed E-state index contributed by atoms with van der Waals surface area (Å²) in [5.41, 5.74) is 8.49. The molecule has 3 rings (SSSR count). The minimum atomic E-state index is -3.95. The molecule has 0 N–H and O–H groups in total. The highest BCUT2D eigenvalue weighted by atomic mass is 32.2. The average Bonchev–Trinajstić information content (AvgIpc) is 3.36. The van der Waals surface area contributed by atoms with Crippen LogP contribution in [0.1, 0.15) is 17.7 Å². The first kappa shape index (κ1) is 20.3. The number of rotatable bonds is 6. The number of nitriles is 1. The van der Waals surface area contributed by atoms with Crippen molar-refractivity contribution in [2.24, 2.45) is 5.11 Å². The first-order valence-electron chi connectivity index (χ1n) is 8.18. The Hall–Kier alpha value is -2.42. The predicted octanol–water partition coefficient (Wildman–Crippen LogP) is 2.92. The van der Waals surface area contributed by atoms with E-state index >= 15 is 0 Å². The molecule has 146 valence electrons. The number of nitrogens with zero attached hydrogens (tertiary/aromatic N) is 5. The van der Waals surface area contributed by atoms with Gasteiger partial charge in [-0.1, -0.05) is 11.2 Å². The molecule has 1 aliphatic rings. The zero-order chi connectivity index (χ0) is 20.4. The van der Waals surface area contributed by atoms with Crippen LogP contribution in [0.25, 0.3) is 10.4 Å². The van der Waals surface area contributed by atoms with E-state index in [0.29, 0.717) is 12.8 Å². The van der Waals surface area contributed by atoms with Crippen LogP contribution in [0.3, 0.4) is 0 Å². The second kappa shape index (κ2) is 7.90. The normalized spacial score (nSPS) is 17.8. The maximum Gasteiger partial charge on any atom is 0.243 e. The van der Waals surface area contributed by atoms with Crippen molar-refractivity contribution >= 4 is 31.2 Å². The van der Waals surface area contributed by atoms with Crippen LogP contribution in [0.4, 0.5) is 0 Å². The molecule has 0 radical (unpaired) electrons. The van der Waals surface area contributed by atoms with Gasteiger partial charge in [0.15, 0.2) is 0 Å². The van der Waals surface area contributed by atoms with Crippen LogP contribution in [-0.2, 0) is 19.9 Å². The van der Waals surface area contributed by atoms with Gasteiger partial charge in [-0.2, -0.15) is 9.57 Å². The SMILES string of the molecule is N#Cc1ccc(S(=O)(=O)c2cccc(S(=O)(=O)N3CCCC3CN=[N+]=[N-])c2)s1. The highest BCUT2D eigenvalue weighted by Gasteiger charge is 2.35. The Labute approximate surface area is 166 Å². The minimum Gasteiger partial charge on any atom is -0.218 e. The van der Waals surface area contributed by atoms with Gasteiger partial charge in [0.05, 0.1) is 9.79 Å². The molecule has 1 aromatic heterocycles. The number of azide groups is 1. The van der Waals surface area contributed by atoms with Gasteiger partial charge in [0.1, 0.15) is 15.2 Å². The van der Waals surface area contributed by atoms with Gasteiger partial charge in [0.2, 0.25) is 19.9 Å². The molecule has 9 nitrogen and oxygen atoms in total. The third-order valence-electron chi connectivity index (χ3n) is 4.36. The lowest BCUT2D eigenvalue weighted by Gasteiger charge is -2.23. The summed E-state index contributed by atoms with van der Waals surface area (Å²) in [6.07, 6.45) is 1.21. The molecule has 1 aliphatic heterocycles. The van der Waals surface area contributed by atoms with Crippen molar-refractivity contribution in [2.45, 2.75) is 32.9 Å². The van der Waals surface area contributed by atoms with Gasteiger partial charge in [0, 0.05) is 24.0 Å². The van der Waals surface area contributed by atoms with Crippen molar-refractivity contribution in [3.05, 3.63) is 51.7 Å². The van der Waals surface area contributed by atoms with E-state index in [0.717, 1.165) is 17.4 Å². The van der Waals surface area contributed by atoms with Crippen molar-refractivity contribution in [3.63, 3.8) is 0 Å². The molecule has 0 aliphatic carbocycles. The van der Waals surface area contributed by atoms with Crippen molar-refractivity contribution < 1.29 is 16.8 Å². The van der Waals surface area contributed by atoms with Crippen molar-refractivity contribution in [1.82, 2.24) is 4.31 Å². The second-order valence-corrected chi connectivity index (χ2v) is 11.2. The lowest BCUT2D eigenvalue weighted by Crippen LogP contribution is -2.37. The zero-order valence-electron chi connectivity index (χ0n) is 14.5. The largest absolute Gasteiger partial charge is 0.243 e. The average molecular weight is 438 g/mol. The summed E-state index contributed by atoms with van der Waals surface area (Å²) in [5.74, 6) is 0. The molecular weight excluding hydrogens is 422 g/mol. The van der Waals surface area contributed by atoms with Crippen molar-refractivity contribution in [3.8, 4) is 6.07 Å². The van der Waals surface area contributed by atoms with Gasteiger partial charge >= 0.3 is 0 Å². The highest BCUT2D eigenvalue weighted by Crippen LogP contribution is 2.31. The fraction of sp³-hybridized carbons (Fsp3) is 0.312. The van der Waals surface area contributed by atoms with Gasteiger partial charge in [-0.15, -0.1) is 11.3 Å². The fourth-order valence-corrected chi connectivity index (χ4v) is 7.37. The summed E-state index contributed by atoms with van der Waals surface area (Å²) >= 11 is 0.827. The molecule has 2 aromatic rings. The number of benzene rings is 1. The Morgan fingerprint density at radius 2 is 2.00 bits per heavy atom. The first-order valence-corrected chi connectivity index (χ1v) is 11.9. The molecule has 1 aromatic carbocycles. The predicted molar refractivity (Wildman–Crippen MR) is 102 cm³/mol. The van der Waals surface area contributed by atoms with E-state index < -0.39 is 25.9 Å². The summed E-state index contributed by atoms with van der Waals surface area (Å²) in [4.78, 5) is 2.63. The summed E-state index contributed by atoms with van der Waals surface area (Å²) < 4.78 is 52.9. The van der Waals surface area contributed by atoms with E-state index in [1.807, 2.05) is 6.07 Å². The molecular formula is C16H15N5O4S3. The molecule has 28 heavy (non-hydrogen) atoms. The Bertz CT molecular complexity index is 1190. The van der Waals surface area contributed by atoms with Gasteiger partial charge < -0.3 is 0 Å². The van der Waals surface area contributed by atoms with Crippen LogP contribution in [0.2, 0.25) is 0 Å². The molecule has 0 saturated carbocycles. The third kappa shape index (κ3) is 3.76. The number of hydrogen-bond acceptors (Lipinski definition) is 7. The van der Waals surface area contributed by atoms with E-state index in [2.05, 4.69) is 10.0 Å². The van der Waals surface area contributed by atoms with E-state index in [-0.39, 0.29) is 32.0 Å². The summed E-state index contributed by atoms with van der Waals surface area (Å²) in [6.45, 7) is 0.307. The minimum absolute atomic E-state index is 0.0268. The maximum atomic E-state index is 13.0. The van der Waals surface area contributed by atoms with Gasteiger partial charge in [-0.05, 0) is 48.7 Å². The molecule has 1 atom stereocenters. The molecule has 12 heteroatoms. The Balaban J connectivity index is 1.98. The lowest BCUT2D eigenvalue weighted by molar-refractivity contribution is 0.393. The molecule has 0 bridgehead atoms. The number of thiophene rings is 1. The number of hydrogen-bond donors (Lipinski definition) is 0. The Kier molecular flexibility index (Phi) is 5.74. The quantitative estimate of drug-likeness (QED) is 0.387. The Morgan fingerprint density at radius 1 is 1.25 bits per heavy atom. The van der Waals surface area contributed by atoms with Crippen LogP contribution in [0, 0.1) is 11.3 Å². The molecule has 0 amide bonds. The number of sulfone groups is 1. The summed E-state index contributed by atoms with van der Waals surface area (Å²) in [7, 11) is -7.89. The van der Waals surface area contributed by atoms with E-state index in [1.165, 1.54) is 34.6 Å². The molecule has 0 spiro atoms. The Morgan fingerprint density at radius 3 is 2.68 bits per heavy atom. The van der Waals surface area contributed by atoms with Crippen LogP contribution >= 0.6 is 11.3 Å². The van der Waals surface area contributed by atoms with Gasteiger partial charge in [0.25, 0.3) is 0 Å². The highest BCUT2D eigenvalue weighted by molar-refractivity contribution is 7.93. The van der Waals surface area contributed by atoms with Crippen molar-refractivity contribution in [2.75, 3.05) is 13.1 Å². The van der Waals surface area contributed by atoms with Crippen molar-refractivity contribution in [1.29, 1.82) is 5.26 Å². The van der Waals surface area contributed by atoms with E-state index in [9.17, 15) is 16.8 Å². The van der Waals surface area contributed by atoms with Gasteiger partial charge in [-0.3, -0.25) is 0 Å². The first-order chi connectivity index (χ1) is 13.3. The molecule has 2 heterocycles. The summed E-state index contributed by atoms with van der Waals surface area (Å²) in [5, 5.41) is 12.4. The smallest absolute Gasteiger partial charge is 0.218 e. The van der Waals surface area contributed by atoms with Crippen LogP contribution < -0.4 is 0 Å². The van der Waals surface area contributed by atoms with Gasteiger partial charge in [-0.25, -0.2) is 16.8 Å². The molecule has 1 unspecified atom stereocenters. The number of sulfonamides is 1. The molecule has 1 saturated heterocycles. The van der Waals surface area contributed by atoms with Crippen LogP contribution in [0.5, 0.6) is 0 Å². The fourth-order valence-electron chi connectivity index (χ4n) is 3.02. The summed E-state index contributed by atoms with van der Waals surface area (Å²) in [6, 6.07) is 9.33. The monoisotopic (exact) mass is 437 g/mol. The standard InChI is InChI=1S/C16H15N5O4S3/c17-10-13-6-7-16(26-13)27(22,23)14-4-1-5-15(9-14)28(24,25)21-8-2-3-12(21)11-19-20-18/h1,4-7,9,12H,2-3,8,11H2. The topological polar surface area (TPSA) is 144 Å². The van der Waals surface area contributed by atoms with Crippen LogP contribution in [-0.4, -0.2) is 40.3 Å².